The average molecular weight is 201 g/mol. The number of carbonyl (C=O) groups is 1. The highest BCUT2D eigenvalue weighted by atomic mass is 32.2. The van der Waals surface area contributed by atoms with E-state index in [1.165, 1.54) is 0 Å². The highest BCUT2D eigenvalue weighted by Gasteiger charge is 2.44. The van der Waals surface area contributed by atoms with Gasteiger partial charge in [0.2, 0.25) is 0 Å². The number of fused-ring (bicyclic) bond motifs is 1. The van der Waals surface area contributed by atoms with Crippen LogP contribution >= 0.6 is 11.8 Å². The monoisotopic (exact) mass is 201 g/mol. The van der Waals surface area contributed by atoms with Crippen LogP contribution in [0.15, 0.2) is 0 Å². The number of hydrogen-bond donors (Lipinski definition) is 1. The van der Waals surface area contributed by atoms with E-state index in [2.05, 4.69) is 4.90 Å². The van der Waals surface area contributed by atoms with E-state index in [0.29, 0.717) is 12.0 Å². The zero-order chi connectivity index (χ0) is 9.42. The second-order valence-corrected chi connectivity index (χ2v) is 5.13. The Bertz CT molecular complexity index is 222. The van der Waals surface area contributed by atoms with Crippen molar-refractivity contribution in [3.63, 3.8) is 0 Å². The number of nitrogens with zero attached hydrogens (tertiary/aromatic N) is 1. The Labute approximate surface area is 82.5 Å². The predicted molar refractivity (Wildman–Crippen MR) is 53.0 cm³/mol. The zero-order valence-electron chi connectivity index (χ0n) is 7.77. The Morgan fingerprint density at radius 1 is 1.62 bits per heavy atom. The molecule has 0 aliphatic carbocycles. The van der Waals surface area contributed by atoms with Gasteiger partial charge < -0.3 is 10.0 Å². The molecule has 0 saturated carbocycles. The summed E-state index contributed by atoms with van der Waals surface area (Å²) in [5.41, 5.74) is 0. The second kappa shape index (κ2) is 3.50. The van der Waals surface area contributed by atoms with Crippen LogP contribution in [0.4, 0.5) is 0 Å². The minimum Gasteiger partial charge on any atom is -0.481 e. The molecule has 0 bridgehead atoms. The molecule has 0 amide bonds. The van der Waals surface area contributed by atoms with Gasteiger partial charge in [-0.3, -0.25) is 4.79 Å². The molecule has 0 aromatic rings. The molecule has 0 aromatic carbocycles. The van der Waals surface area contributed by atoms with Gasteiger partial charge in [-0.1, -0.05) is 0 Å². The van der Waals surface area contributed by atoms with Crippen molar-refractivity contribution in [3.05, 3.63) is 0 Å². The van der Waals surface area contributed by atoms with E-state index in [9.17, 15) is 4.79 Å². The van der Waals surface area contributed by atoms with E-state index in [4.69, 9.17) is 5.11 Å². The summed E-state index contributed by atoms with van der Waals surface area (Å²) in [4.78, 5) is 13.2. The first-order valence-corrected chi connectivity index (χ1v) is 5.86. The molecule has 13 heavy (non-hydrogen) atoms. The minimum atomic E-state index is -0.605. The summed E-state index contributed by atoms with van der Waals surface area (Å²) in [5.74, 6) is 1.94. The van der Waals surface area contributed by atoms with E-state index in [-0.39, 0.29) is 5.92 Å². The summed E-state index contributed by atoms with van der Waals surface area (Å²) in [6.07, 6.45) is 1.08. The van der Waals surface area contributed by atoms with Gasteiger partial charge in [-0.15, -0.1) is 0 Å². The molecule has 2 saturated heterocycles. The molecule has 4 heteroatoms. The number of thioether (sulfide) groups is 1. The summed E-state index contributed by atoms with van der Waals surface area (Å²) < 4.78 is 0. The number of likely N-dealkylation sites (tertiary alicyclic amines) is 1. The lowest BCUT2D eigenvalue weighted by Crippen LogP contribution is -2.35. The third-order valence-electron chi connectivity index (χ3n) is 3.26. The van der Waals surface area contributed by atoms with E-state index in [0.717, 1.165) is 24.5 Å². The van der Waals surface area contributed by atoms with Crippen LogP contribution in [0.3, 0.4) is 0 Å². The Hall–Kier alpha value is -0.220. The molecule has 0 spiro atoms. The lowest BCUT2D eigenvalue weighted by atomic mass is 9.89. The van der Waals surface area contributed by atoms with Crippen LogP contribution in [-0.2, 0) is 4.79 Å². The van der Waals surface area contributed by atoms with E-state index in [1.54, 1.807) is 0 Å². The highest BCUT2D eigenvalue weighted by molar-refractivity contribution is 7.99. The molecule has 2 heterocycles. The predicted octanol–water partition coefficient (Wildman–Crippen LogP) is 0.754. The molecule has 2 rings (SSSR count). The quantitative estimate of drug-likeness (QED) is 0.680. The van der Waals surface area contributed by atoms with E-state index < -0.39 is 5.97 Å². The molecule has 2 aliphatic rings. The van der Waals surface area contributed by atoms with Gasteiger partial charge in [-0.25, -0.2) is 0 Å². The van der Waals surface area contributed by atoms with E-state index >= 15 is 0 Å². The van der Waals surface area contributed by atoms with Gasteiger partial charge in [0.15, 0.2) is 0 Å². The average Bonchev–Trinajstić information content (AvgIpc) is 2.45. The lowest BCUT2D eigenvalue weighted by molar-refractivity contribution is -0.142. The first-order chi connectivity index (χ1) is 6.20. The van der Waals surface area contributed by atoms with Crippen LogP contribution < -0.4 is 0 Å². The molecular formula is C9H15NO2S. The topological polar surface area (TPSA) is 40.5 Å². The van der Waals surface area contributed by atoms with Crippen LogP contribution in [0.5, 0.6) is 0 Å². The van der Waals surface area contributed by atoms with Crippen LogP contribution in [0.2, 0.25) is 0 Å². The Morgan fingerprint density at radius 2 is 2.38 bits per heavy atom. The van der Waals surface area contributed by atoms with Crippen LogP contribution in [0.1, 0.15) is 6.42 Å². The molecule has 0 radical (unpaired) electrons. The fourth-order valence-electron chi connectivity index (χ4n) is 2.51. The Kier molecular flexibility index (Phi) is 2.51. The van der Waals surface area contributed by atoms with Gasteiger partial charge in [0.25, 0.3) is 0 Å². The van der Waals surface area contributed by atoms with Crippen molar-refractivity contribution in [1.82, 2.24) is 4.90 Å². The molecule has 2 aliphatic heterocycles. The maximum atomic E-state index is 11.0. The number of hydrogen-bond acceptors (Lipinski definition) is 3. The summed E-state index contributed by atoms with van der Waals surface area (Å²) >= 11 is 1.95. The Morgan fingerprint density at radius 3 is 3.08 bits per heavy atom. The number of carboxylic acids is 1. The normalized spacial score (nSPS) is 40.2. The second-order valence-electron chi connectivity index (χ2n) is 3.98. The van der Waals surface area contributed by atoms with Crippen LogP contribution in [0, 0.1) is 11.8 Å². The molecule has 0 aromatic heterocycles. The van der Waals surface area contributed by atoms with Gasteiger partial charge >= 0.3 is 5.97 Å². The fraction of sp³-hybridized carbons (Fsp3) is 0.889. The SMILES string of the molecule is CN1CC(C(=O)O)C2CCSCC21. The van der Waals surface area contributed by atoms with Crippen molar-refractivity contribution >= 4 is 17.7 Å². The summed E-state index contributed by atoms with van der Waals surface area (Å²) in [6.45, 7) is 0.741. The maximum absolute atomic E-state index is 11.0. The van der Waals surface area contributed by atoms with Gasteiger partial charge in [-0.2, -0.15) is 11.8 Å². The number of aliphatic carboxylic acids is 1. The Balaban J connectivity index is 2.12. The standard InChI is InChI=1S/C9H15NO2S/c1-10-4-7(9(11)12)6-2-3-13-5-8(6)10/h6-8H,2-5H2,1H3,(H,11,12). The van der Waals surface area contributed by atoms with Crippen molar-refractivity contribution in [2.24, 2.45) is 11.8 Å². The first-order valence-electron chi connectivity index (χ1n) is 4.71. The summed E-state index contributed by atoms with van der Waals surface area (Å²) in [5, 5.41) is 9.04. The van der Waals surface area contributed by atoms with Crippen molar-refractivity contribution in [3.8, 4) is 0 Å². The van der Waals surface area contributed by atoms with Gasteiger partial charge in [0.05, 0.1) is 5.92 Å². The molecule has 2 fully saturated rings. The maximum Gasteiger partial charge on any atom is 0.308 e. The van der Waals surface area contributed by atoms with Gasteiger partial charge in [0, 0.05) is 18.3 Å². The molecule has 1 N–H and O–H groups in total. The van der Waals surface area contributed by atoms with Crippen LogP contribution in [0.25, 0.3) is 0 Å². The van der Waals surface area contributed by atoms with Gasteiger partial charge in [0.1, 0.15) is 0 Å². The first kappa shape index (κ1) is 9.34. The number of rotatable bonds is 1. The molecule has 74 valence electrons. The smallest absolute Gasteiger partial charge is 0.308 e. The van der Waals surface area contributed by atoms with Gasteiger partial charge in [-0.05, 0) is 25.1 Å². The molecule has 3 atom stereocenters. The van der Waals surface area contributed by atoms with Crippen molar-refractivity contribution < 1.29 is 9.90 Å². The summed E-state index contributed by atoms with van der Waals surface area (Å²) in [6, 6.07) is 0.514. The third-order valence-corrected chi connectivity index (χ3v) is 4.36. The summed E-state index contributed by atoms with van der Waals surface area (Å²) in [7, 11) is 2.05. The fourth-order valence-corrected chi connectivity index (χ4v) is 3.85. The zero-order valence-corrected chi connectivity index (χ0v) is 8.59. The molecular weight excluding hydrogens is 186 g/mol. The van der Waals surface area contributed by atoms with E-state index in [1.807, 2.05) is 18.8 Å². The molecule has 3 unspecified atom stereocenters. The third kappa shape index (κ3) is 1.57. The molecule has 3 nitrogen and oxygen atoms in total. The van der Waals surface area contributed by atoms with Crippen molar-refractivity contribution in [2.45, 2.75) is 12.5 Å². The highest BCUT2D eigenvalue weighted by Crippen LogP contribution is 2.37. The largest absolute Gasteiger partial charge is 0.481 e. The number of carboxylic acid groups (broad SMARTS) is 1. The van der Waals surface area contributed by atoms with Crippen molar-refractivity contribution in [2.75, 3.05) is 25.1 Å². The van der Waals surface area contributed by atoms with Crippen LogP contribution in [-0.4, -0.2) is 47.1 Å². The minimum absolute atomic E-state index is 0.115. The lowest BCUT2D eigenvalue weighted by Gasteiger charge is -2.29. The van der Waals surface area contributed by atoms with Crippen molar-refractivity contribution in [1.29, 1.82) is 0 Å².